The van der Waals surface area contributed by atoms with Crippen molar-refractivity contribution in [3.63, 3.8) is 0 Å². The average molecular weight is 483 g/mol. The summed E-state index contributed by atoms with van der Waals surface area (Å²) in [7, 11) is 0. The van der Waals surface area contributed by atoms with E-state index in [0.29, 0.717) is 26.2 Å². The fraction of sp³-hybridized carbons (Fsp3) is 0.593. The van der Waals surface area contributed by atoms with Crippen LogP contribution in [0.4, 0.5) is 0 Å². The van der Waals surface area contributed by atoms with Gasteiger partial charge < -0.3 is 25.0 Å². The maximum Gasteiger partial charge on any atom is 0.270 e. The number of aliphatic imine (C=N–C) groups is 1. The van der Waals surface area contributed by atoms with Gasteiger partial charge in [-0.15, -0.1) is 0 Å². The van der Waals surface area contributed by atoms with E-state index >= 15 is 0 Å². The third kappa shape index (κ3) is 6.42. The smallest absolute Gasteiger partial charge is 0.270 e. The highest BCUT2D eigenvalue weighted by molar-refractivity contribution is 6.09. The van der Waals surface area contributed by atoms with E-state index in [1.807, 2.05) is 49.9 Å². The van der Waals surface area contributed by atoms with Crippen LogP contribution in [0.3, 0.4) is 0 Å². The lowest BCUT2D eigenvalue weighted by Crippen LogP contribution is -2.49. The molecule has 2 amide bonds. The maximum absolute atomic E-state index is 13.0. The molecule has 2 N–H and O–H groups in total. The first-order valence-electron chi connectivity index (χ1n) is 12.8. The molecule has 0 spiro atoms. The Balaban J connectivity index is 1.31. The second-order valence-corrected chi connectivity index (χ2v) is 9.99. The second kappa shape index (κ2) is 11.2. The molecule has 1 aromatic carbocycles. The van der Waals surface area contributed by atoms with Gasteiger partial charge in [0.25, 0.3) is 5.91 Å². The largest absolute Gasteiger partial charge is 0.490 e. The first-order valence-corrected chi connectivity index (χ1v) is 12.8. The summed E-state index contributed by atoms with van der Waals surface area (Å²) >= 11 is 0. The van der Waals surface area contributed by atoms with Crippen molar-refractivity contribution in [2.45, 2.75) is 71.2 Å². The van der Waals surface area contributed by atoms with E-state index in [1.165, 1.54) is 5.56 Å². The zero-order valence-corrected chi connectivity index (χ0v) is 21.2. The minimum atomic E-state index is -0.154. The van der Waals surface area contributed by atoms with Crippen molar-refractivity contribution in [2.75, 3.05) is 32.7 Å². The fourth-order valence-corrected chi connectivity index (χ4v) is 5.20. The third-order valence-corrected chi connectivity index (χ3v) is 6.94. The number of ether oxygens (including phenoxy) is 2. The van der Waals surface area contributed by atoms with Crippen molar-refractivity contribution in [3.8, 4) is 5.75 Å². The molecule has 8 heteroatoms. The number of likely N-dealkylation sites (tertiary alicyclic amines) is 1. The van der Waals surface area contributed by atoms with Crippen LogP contribution in [0.2, 0.25) is 0 Å². The van der Waals surface area contributed by atoms with E-state index in [-0.39, 0.29) is 42.4 Å². The van der Waals surface area contributed by atoms with Gasteiger partial charge in [0, 0.05) is 50.3 Å². The van der Waals surface area contributed by atoms with Gasteiger partial charge in [0.1, 0.15) is 24.1 Å². The molecule has 2 heterocycles. The number of hydrogen-bond acceptors (Lipinski definition) is 6. The number of morpholine rings is 1. The monoisotopic (exact) mass is 482 g/mol. The molecule has 1 saturated carbocycles. The van der Waals surface area contributed by atoms with Gasteiger partial charge in [-0.1, -0.05) is 12.1 Å². The van der Waals surface area contributed by atoms with Crippen LogP contribution >= 0.6 is 0 Å². The molecule has 2 aliphatic heterocycles. The van der Waals surface area contributed by atoms with E-state index in [1.54, 1.807) is 4.90 Å². The molecule has 0 bridgehead atoms. The molecule has 8 nitrogen and oxygen atoms in total. The zero-order valence-electron chi connectivity index (χ0n) is 21.2. The van der Waals surface area contributed by atoms with Gasteiger partial charge in [-0.3, -0.25) is 14.6 Å². The van der Waals surface area contributed by atoms with E-state index in [4.69, 9.17) is 15.2 Å². The fourth-order valence-electron chi connectivity index (χ4n) is 5.20. The van der Waals surface area contributed by atoms with Gasteiger partial charge in [-0.05, 0) is 57.7 Å². The normalized spacial score (nSPS) is 26.2. The Hall–Kier alpha value is -2.87. The van der Waals surface area contributed by atoms with Crippen molar-refractivity contribution in [2.24, 2.45) is 10.7 Å². The number of hydrogen-bond donors (Lipinski definition) is 1. The number of aryl methyl sites for hydroxylation is 1. The van der Waals surface area contributed by atoms with Crippen molar-refractivity contribution in [3.05, 3.63) is 41.1 Å². The molecule has 3 aliphatic rings. The summed E-state index contributed by atoms with van der Waals surface area (Å²) in [5.74, 6) is 0.743. The average Bonchev–Trinajstić information content (AvgIpc) is 3.30. The van der Waals surface area contributed by atoms with E-state index in [9.17, 15) is 9.59 Å². The lowest BCUT2D eigenvalue weighted by Gasteiger charge is -2.35. The summed E-state index contributed by atoms with van der Waals surface area (Å²) in [6.45, 7) is 8.46. The number of amides is 2. The highest BCUT2D eigenvalue weighted by Crippen LogP contribution is 2.26. The molecule has 2 unspecified atom stereocenters. The SMILES string of the molecule is Cc1cccc(OC2CCN(C(=O)CN=C3CCC/C3=C(/N)C(=O)N3CC(C)OC(C)C3)CC2)c1. The highest BCUT2D eigenvalue weighted by atomic mass is 16.5. The number of allylic oxidation sites excluding steroid dienone is 1. The summed E-state index contributed by atoms with van der Waals surface area (Å²) in [5, 5.41) is 0. The Morgan fingerprint density at radius 1 is 1.11 bits per heavy atom. The van der Waals surface area contributed by atoms with Crippen molar-refractivity contribution >= 4 is 17.5 Å². The topological polar surface area (TPSA) is 97.5 Å². The van der Waals surface area contributed by atoms with Gasteiger partial charge in [0.15, 0.2) is 0 Å². The maximum atomic E-state index is 13.0. The molecule has 1 aliphatic carbocycles. The predicted octanol–water partition coefficient (Wildman–Crippen LogP) is 2.84. The van der Waals surface area contributed by atoms with Crippen LogP contribution in [-0.4, -0.2) is 78.4 Å². The first-order chi connectivity index (χ1) is 16.8. The summed E-state index contributed by atoms with van der Waals surface area (Å²) in [6.07, 6.45) is 4.07. The van der Waals surface area contributed by atoms with E-state index in [2.05, 4.69) is 4.99 Å². The van der Waals surface area contributed by atoms with Crippen LogP contribution in [-0.2, 0) is 14.3 Å². The molecular weight excluding hydrogens is 444 g/mol. The molecule has 0 aromatic heterocycles. The van der Waals surface area contributed by atoms with Crippen molar-refractivity contribution < 1.29 is 19.1 Å². The summed E-state index contributed by atoms with van der Waals surface area (Å²) < 4.78 is 11.8. The third-order valence-electron chi connectivity index (χ3n) is 6.94. The number of piperidine rings is 1. The molecule has 1 aromatic rings. The zero-order chi connectivity index (χ0) is 24.9. The highest BCUT2D eigenvalue weighted by Gasteiger charge is 2.30. The van der Waals surface area contributed by atoms with Crippen LogP contribution in [0.5, 0.6) is 5.75 Å². The van der Waals surface area contributed by atoms with Crippen LogP contribution in [0, 0.1) is 6.92 Å². The number of carbonyl (C=O) groups excluding carboxylic acids is 2. The second-order valence-electron chi connectivity index (χ2n) is 9.99. The molecule has 35 heavy (non-hydrogen) atoms. The Bertz CT molecular complexity index is 987. The van der Waals surface area contributed by atoms with Crippen molar-refractivity contribution in [1.82, 2.24) is 9.80 Å². The molecule has 2 atom stereocenters. The Morgan fingerprint density at radius 3 is 2.51 bits per heavy atom. The lowest BCUT2D eigenvalue weighted by atomic mass is 10.1. The van der Waals surface area contributed by atoms with Crippen LogP contribution in [0.25, 0.3) is 0 Å². The minimum absolute atomic E-state index is 0.0125. The molecule has 190 valence electrons. The number of nitrogens with two attached hydrogens (primary N) is 1. The van der Waals surface area contributed by atoms with Gasteiger partial charge >= 0.3 is 0 Å². The van der Waals surface area contributed by atoms with E-state index < -0.39 is 0 Å². The summed E-state index contributed by atoms with van der Waals surface area (Å²) in [5.41, 5.74) is 9.38. The number of benzene rings is 1. The van der Waals surface area contributed by atoms with Gasteiger partial charge in [0.2, 0.25) is 5.91 Å². The molecule has 4 rings (SSSR count). The molecule has 2 saturated heterocycles. The van der Waals surface area contributed by atoms with Gasteiger partial charge in [-0.2, -0.15) is 0 Å². The lowest BCUT2D eigenvalue weighted by molar-refractivity contribution is -0.139. The summed E-state index contributed by atoms with van der Waals surface area (Å²) in [6, 6.07) is 8.06. The van der Waals surface area contributed by atoms with Gasteiger partial charge in [0.05, 0.1) is 12.2 Å². The number of carbonyl (C=O) groups is 2. The first kappa shape index (κ1) is 25.2. The summed E-state index contributed by atoms with van der Waals surface area (Å²) in [4.78, 5) is 34.1. The number of nitrogens with zero attached hydrogens (tertiary/aromatic N) is 3. The van der Waals surface area contributed by atoms with Gasteiger partial charge in [-0.25, -0.2) is 0 Å². The van der Waals surface area contributed by atoms with E-state index in [0.717, 1.165) is 49.1 Å². The van der Waals surface area contributed by atoms with Crippen LogP contribution in [0.1, 0.15) is 51.5 Å². The molecular formula is C27H38N4O4. The molecule has 3 fully saturated rings. The molecule has 0 radical (unpaired) electrons. The predicted molar refractivity (Wildman–Crippen MR) is 135 cm³/mol. The Labute approximate surface area is 208 Å². The van der Waals surface area contributed by atoms with Crippen LogP contribution in [0.15, 0.2) is 40.5 Å². The Morgan fingerprint density at radius 2 is 1.83 bits per heavy atom. The van der Waals surface area contributed by atoms with Crippen molar-refractivity contribution in [1.29, 1.82) is 0 Å². The standard InChI is InChI=1S/C27H38N4O4/c1-18-6-4-7-22(14-18)35-21-10-12-30(13-11-21)25(32)15-29-24-9-5-8-23(24)26(28)27(33)31-16-19(2)34-20(3)17-31/h4,6-7,14,19-21H,5,8-13,15-17,28H2,1-3H3/b26-23-,29-24?. The minimum Gasteiger partial charge on any atom is -0.490 e. The van der Waals surface area contributed by atoms with Crippen LogP contribution < -0.4 is 10.5 Å². The Kier molecular flexibility index (Phi) is 8.11. The quantitative estimate of drug-likeness (QED) is 0.651. The number of rotatable bonds is 5.